The maximum atomic E-state index is 14.3. The molecular weight excluding hydrogens is 837 g/mol. The van der Waals surface area contributed by atoms with Crippen molar-refractivity contribution < 1.29 is 29.0 Å². The van der Waals surface area contributed by atoms with Crippen molar-refractivity contribution in [1.82, 2.24) is 19.9 Å². The standard InChI is InChI=1S/C55H74N4O6.Mg/c1-13-39-34(7)41-29-46-48(38(11)60)36(9)43(57-46)27-42-35(8)40(52(58-42)50-51(55(63)64-12)54(62)49-37(10)44(59-53(49)50)28-45(39)56-41)23-24-47(61)65-26-25-33(6)22-16-21-32(5)20-15-19-31(4)18-14-17-30(2)3;/h21,25,27-31,34-35,39-40H,13-20,22-24,26H2,1-12H3,(H3,56,57,58,59,60,62,63);/q;+2/p-3/b32-21+,33-25+;/t31-,34-,35+,39-,40+;/m1./s1. The van der Waals surface area contributed by atoms with Crippen LogP contribution in [0.2, 0.25) is 0 Å². The van der Waals surface area contributed by atoms with Crippen molar-refractivity contribution in [3.05, 3.63) is 92.1 Å². The number of carbonyl (C=O) groups is 3. The van der Waals surface area contributed by atoms with Gasteiger partial charge in [-0.3, -0.25) is 19.6 Å². The minimum Gasteiger partial charge on any atom is -0.871 e. The average molecular weight is 908 g/mol. The molecule has 0 fully saturated rings. The molecule has 5 heterocycles. The molecular formula is C55H71MgN4O6-. The molecule has 0 N–H and O–H groups in total. The molecule has 350 valence electrons. The summed E-state index contributed by atoms with van der Waals surface area (Å²) in [6.07, 6.45) is 15.0. The third-order valence-electron chi connectivity index (χ3n) is 14.2. The van der Waals surface area contributed by atoms with Gasteiger partial charge in [0, 0.05) is 52.7 Å². The Bertz CT molecular complexity index is 2560. The van der Waals surface area contributed by atoms with E-state index in [9.17, 15) is 19.5 Å². The Morgan fingerprint density at radius 3 is 2.11 bits per heavy atom. The zero-order valence-electron chi connectivity index (χ0n) is 41.8. The summed E-state index contributed by atoms with van der Waals surface area (Å²) in [5.74, 6) is -0.623. The van der Waals surface area contributed by atoms with Crippen molar-refractivity contribution in [1.29, 1.82) is 0 Å². The number of allylic oxidation sites excluding steroid dienone is 3. The maximum Gasteiger partial charge on any atom is 2.00 e. The summed E-state index contributed by atoms with van der Waals surface area (Å²) in [5, 5.41) is 14.3. The number of rotatable bonds is 19. The van der Waals surface area contributed by atoms with E-state index in [1.807, 2.05) is 45.0 Å². The van der Waals surface area contributed by atoms with E-state index in [4.69, 9.17) is 29.4 Å². The van der Waals surface area contributed by atoms with Gasteiger partial charge in [-0.1, -0.05) is 120 Å². The summed E-state index contributed by atoms with van der Waals surface area (Å²) in [4.78, 5) is 60.5. The van der Waals surface area contributed by atoms with Gasteiger partial charge in [0.2, 0.25) is 0 Å². The number of aryl methyl sites for hydroxylation is 2. The Balaban J connectivity index is 0.00000817. The molecule has 3 aromatic heterocycles. The summed E-state index contributed by atoms with van der Waals surface area (Å²) >= 11 is 0. The van der Waals surface area contributed by atoms with Crippen LogP contribution in [0, 0.1) is 25.7 Å². The van der Waals surface area contributed by atoms with Crippen LogP contribution in [-0.2, 0) is 19.1 Å². The number of ketones is 1. The van der Waals surface area contributed by atoms with Gasteiger partial charge in [0.25, 0.3) is 0 Å². The van der Waals surface area contributed by atoms with Gasteiger partial charge >= 0.3 is 35.0 Å². The van der Waals surface area contributed by atoms with E-state index in [2.05, 4.69) is 54.5 Å². The van der Waals surface area contributed by atoms with Crippen LogP contribution in [0.15, 0.2) is 41.5 Å². The zero-order valence-corrected chi connectivity index (χ0v) is 43.2. The Labute approximate surface area is 409 Å². The van der Waals surface area contributed by atoms with E-state index < -0.39 is 17.6 Å². The number of carbonyl (C=O) groups excluding carboxylic acids is 3. The van der Waals surface area contributed by atoms with Gasteiger partial charge < -0.3 is 24.5 Å². The van der Waals surface area contributed by atoms with Crippen LogP contribution in [-0.4, -0.2) is 64.5 Å². The summed E-state index contributed by atoms with van der Waals surface area (Å²) in [5.41, 5.74) is 10.1. The topological polar surface area (TPSA) is 147 Å². The number of esters is 2. The van der Waals surface area contributed by atoms with Crippen LogP contribution in [0.3, 0.4) is 0 Å². The molecule has 0 amide bonds. The number of nitrogens with zero attached hydrogens (tertiary/aromatic N) is 4. The Morgan fingerprint density at radius 1 is 0.788 bits per heavy atom. The Kier molecular flexibility index (Phi) is 18.3. The molecule has 66 heavy (non-hydrogen) atoms. The molecule has 0 saturated carbocycles. The van der Waals surface area contributed by atoms with Crippen LogP contribution in [0.25, 0.3) is 33.4 Å². The third kappa shape index (κ3) is 11.6. The Hall–Kier alpha value is -4.48. The summed E-state index contributed by atoms with van der Waals surface area (Å²) in [7, 11) is 1.26. The average Bonchev–Trinajstić information content (AvgIpc) is 4.00. The van der Waals surface area contributed by atoms with E-state index in [0.29, 0.717) is 62.1 Å². The molecule has 8 bridgehead atoms. The molecule has 1 aliphatic carbocycles. The van der Waals surface area contributed by atoms with Gasteiger partial charge in [-0.15, -0.1) is 22.1 Å². The molecule has 0 unspecified atom stereocenters. The number of aromatic nitrogens is 4. The first-order valence-electron chi connectivity index (χ1n) is 24.1. The summed E-state index contributed by atoms with van der Waals surface area (Å²) < 4.78 is 11.0. The molecule has 11 heteroatoms. The fraction of sp³-hybridized carbons (Fsp3) is 0.545. The quantitative estimate of drug-likeness (QED) is 0.0493. The second kappa shape index (κ2) is 23.0. The minimum absolute atomic E-state index is 0. The summed E-state index contributed by atoms with van der Waals surface area (Å²) in [6, 6.07) is 5.76. The van der Waals surface area contributed by atoms with Gasteiger partial charge in [0.1, 0.15) is 6.61 Å². The molecule has 3 aliphatic rings. The monoisotopic (exact) mass is 908 g/mol. The first kappa shape index (κ1) is 52.5. The van der Waals surface area contributed by atoms with Crippen LogP contribution in [0.5, 0.6) is 0 Å². The van der Waals surface area contributed by atoms with Gasteiger partial charge in [0.15, 0.2) is 5.78 Å². The first-order valence-corrected chi connectivity index (χ1v) is 24.1. The van der Waals surface area contributed by atoms with E-state index >= 15 is 0 Å². The molecule has 3 aromatic rings. The number of methoxy groups -OCH3 is 1. The maximum absolute atomic E-state index is 14.3. The number of hydrogen-bond donors (Lipinski definition) is 0. The SMILES string of the molecule is CC[C@H]1c2cc3[n-]c4c(c5nc(cc6[n-]c(cc(n2)[C@@H]1C)c(C(C)=O)c6C)[C@@H](C)[C@@H]5CCC(=O)OC/C=C(\C)CC/C=C(\C)CCC[C@H](C)CCCC(C)C)C(C(=O)OC)=C([O-])c4c3C.[Mg+2]. The van der Waals surface area contributed by atoms with Gasteiger partial charge in [-0.25, -0.2) is 4.79 Å². The van der Waals surface area contributed by atoms with Crippen molar-refractivity contribution in [3.63, 3.8) is 0 Å². The second-order valence-electron chi connectivity index (χ2n) is 19.6. The van der Waals surface area contributed by atoms with Crippen LogP contribution in [0.1, 0.15) is 212 Å². The predicted octanol–water partition coefficient (Wildman–Crippen LogP) is 11.5. The van der Waals surface area contributed by atoms with Crippen LogP contribution >= 0.6 is 0 Å². The zero-order chi connectivity index (χ0) is 47.3. The fourth-order valence-electron chi connectivity index (χ4n) is 10.1. The van der Waals surface area contributed by atoms with Crippen LogP contribution < -0.4 is 15.1 Å². The van der Waals surface area contributed by atoms with Crippen molar-refractivity contribution in [2.45, 2.75) is 170 Å². The van der Waals surface area contributed by atoms with E-state index in [1.54, 1.807) is 6.92 Å². The van der Waals surface area contributed by atoms with Crippen molar-refractivity contribution in [3.8, 4) is 0 Å². The number of hydrogen-bond acceptors (Lipinski definition) is 8. The molecule has 0 radical (unpaired) electrons. The largest absolute Gasteiger partial charge is 2.00 e. The fourth-order valence-corrected chi connectivity index (χ4v) is 10.1. The van der Waals surface area contributed by atoms with Gasteiger partial charge in [-0.2, -0.15) is 0 Å². The number of Topliss-reactive ketones (excluding diaryl/α,β-unsaturated/α-hetero) is 1. The molecule has 0 spiro atoms. The van der Waals surface area contributed by atoms with E-state index in [-0.39, 0.29) is 71.2 Å². The molecule has 2 aliphatic heterocycles. The summed E-state index contributed by atoms with van der Waals surface area (Å²) in [6.45, 7) is 23.0. The smallest absolute Gasteiger partial charge is 0.871 e. The molecule has 6 rings (SSSR count). The van der Waals surface area contributed by atoms with Crippen molar-refractivity contribution in [2.24, 2.45) is 11.8 Å². The minimum atomic E-state index is -0.766. The number of ether oxygens (including phenoxy) is 2. The van der Waals surface area contributed by atoms with Gasteiger partial charge in [-0.05, 0) is 102 Å². The van der Waals surface area contributed by atoms with E-state index in [0.717, 1.165) is 54.5 Å². The normalized spacial score (nSPS) is 18.7. The predicted molar refractivity (Wildman–Crippen MR) is 264 cm³/mol. The molecule has 5 atom stereocenters. The first-order chi connectivity index (χ1) is 30.9. The Morgan fingerprint density at radius 2 is 1.42 bits per heavy atom. The molecule has 0 saturated heterocycles. The second-order valence-corrected chi connectivity index (χ2v) is 19.6. The van der Waals surface area contributed by atoms with Crippen molar-refractivity contribution in [2.75, 3.05) is 13.7 Å². The van der Waals surface area contributed by atoms with Crippen molar-refractivity contribution >= 4 is 74.2 Å². The third-order valence-corrected chi connectivity index (χ3v) is 14.2. The molecule has 0 aromatic carbocycles. The van der Waals surface area contributed by atoms with Gasteiger partial charge in [0.05, 0.1) is 18.4 Å². The van der Waals surface area contributed by atoms with E-state index in [1.165, 1.54) is 50.4 Å². The number of fused-ring (bicyclic) bond motifs is 8. The van der Waals surface area contributed by atoms with Crippen LogP contribution in [0.4, 0.5) is 0 Å². The molecule has 10 nitrogen and oxygen atoms in total.